The van der Waals surface area contributed by atoms with Crippen LogP contribution in [0.2, 0.25) is 0 Å². The van der Waals surface area contributed by atoms with Crippen LogP contribution in [0.5, 0.6) is 0 Å². The maximum Gasteiger partial charge on any atom is 0.256 e. The minimum Gasteiger partial charge on any atom is -0.396 e. The fraction of sp³-hybridized carbons (Fsp3) is 0.636. The Hall–Kier alpha value is -0.850. The lowest BCUT2D eigenvalue weighted by atomic mass is 9.87. The molecule has 1 aliphatic rings. The summed E-state index contributed by atoms with van der Waals surface area (Å²) < 4.78 is 26.5. The molecule has 3 N–H and O–H groups in total. The van der Waals surface area contributed by atoms with E-state index in [1.165, 1.54) is 0 Å². The monoisotopic (exact) mass is 258 g/mol. The van der Waals surface area contributed by atoms with Gasteiger partial charge in [0.25, 0.3) is 10.0 Å². The Bertz CT molecular complexity index is 433. The smallest absolute Gasteiger partial charge is 0.256 e. The van der Waals surface area contributed by atoms with Crippen LogP contribution in [-0.2, 0) is 10.0 Å². The van der Waals surface area contributed by atoms with E-state index in [0.717, 1.165) is 25.7 Å². The average Bonchev–Trinajstić information content (AvgIpc) is 2.84. The molecule has 1 heterocycles. The van der Waals surface area contributed by atoms with E-state index in [0.29, 0.717) is 5.92 Å². The fourth-order valence-electron chi connectivity index (χ4n) is 2.23. The van der Waals surface area contributed by atoms with Crippen LogP contribution >= 0.6 is 0 Å². The van der Waals surface area contributed by atoms with E-state index in [-0.39, 0.29) is 17.7 Å². The van der Waals surface area contributed by atoms with Crippen molar-refractivity contribution >= 4 is 10.0 Å². The molecule has 1 fully saturated rings. The first-order valence-electron chi connectivity index (χ1n) is 5.88. The maximum atomic E-state index is 11.9. The molecule has 0 unspecified atom stereocenters. The summed E-state index contributed by atoms with van der Waals surface area (Å²) in [5.74, 6) is 0.334. The number of nitrogens with one attached hydrogen (secondary N) is 2. The number of aromatic amines is 1. The molecule has 6 heteroatoms. The first kappa shape index (κ1) is 12.6. The van der Waals surface area contributed by atoms with Crippen LogP contribution in [0, 0.1) is 5.92 Å². The number of H-pyrrole nitrogens is 1. The van der Waals surface area contributed by atoms with Gasteiger partial charge >= 0.3 is 0 Å². The Balaban J connectivity index is 1.94. The van der Waals surface area contributed by atoms with Crippen LogP contribution < -0.4 is 4.72 Å². The lowest BCUT2D eigenvalue weighted by Crippen LogP contribution is -2.38. The van der Waals surface area contributed by atoms with Crippen LogP contribution in [0.25, 0.3) is 0 Å². The zero-order chi connectivity index (χ0) is 12.3. The van der Waals surface area contributed by atoms with Gasteiger partial charge in [0, 0.05) is 18.8 Å². The Kier molecular flexibility index (Phi) is 3.86. The molecule has 0 amide bonds. The van der Waals surface area contributed by atoms with Gasteiger partial charge in [0.05, 0.1) is 0 Å². The lowest BCUT2D eigenvalue weighted by molar-refractivity contribution is 0.180. The first-order valence-corrected chi connectivity index (χ1v) is 7.36. The second-order valence-corrected chi connectivity index (χ2v) is 6.24. The summed E-state index contributed by atoms with van der Waals surface area (Å²) >= 11 is 0. The summed E-state index contributed by atoms with van der Waals surface area (Å²) in [6.07, 6.45) is 4.95. The third-order valence-corrected chi connectivity index (χ3v) is 4.76. The number of sulfonamides is 1. The van der Waals surface area contributed by atoms with Crippen molar-refractivity contribution in [2.75, 3.05) is 6.61 Å². The molecule has 0 saturated heterocycles. The molecule has 0 radical (unpaired) electrons. The highest BCUT2D eigenvalue weighted by molar-refractivity contribution is 7.89. The third kappa shape index (κ3) is 3.08. The first-order chi connectivity index (χ1) is 8.12. The van der Waals surface area contributed by atoms with Crippen molar-refractivity contribution in [2.24, 2.45) is 5.92 Å². The summed E-state index contributed by atoms with van der Waals surface area (Å²) in [7, 11) is -3.41. The Morgan fingerprint density at radius 3 is 2.59 bits per heavy atom. The van der Waals surface area contributed by atoms with E-state index in [1.807, 2.05) is 0 Å². The molecule has 0 atom stereocenters. The largest absolute Gasteiger partial charge is 0.396 e. The molecule has 1 saturated carbocycles. The predicted molar refractivity (Wildman–Crippen MR) is 63.9 cm³/mol. The Morgan fingerprint density at radius 2 is 2.06 bits per heavy atom. The lowest BCUT2D eigenvalue weighted by Gasteiger charge is -2.27. The van der Waals surface area contributed by atoms with Crippen molar-refractivity contribution in [3.8, 4) is 0 Å². The molecule has 1 aromatic heterocycles. The molecule has 96 valence electrons. The van der Waals surface area contributed by atoms with E-state index < -0.39 is 10.0 Å². The fourth-order valence-corrected chi connectivity index (χ4v) is 3.51. The molecule has 1 aliphatic carbocycles. The van der Waals surface area contributed by atoms with Crippen LogP contribution in [0.3, 0.4) is 0 Å². The molecular weight excluding hydrogens is 240 g/mol. The molecule has 0 spiro atoms. The van der Waals surface area contributed by atoms with Gasteiger partial charge in [0.15, 0.2) is 0 Å². The molecule has 17 heavy (non-hydrogen) atoms. The van der Waals surface area contributed by atoms with Crippen molar-refractivity contribution in [2.45, 2.75) is 36.8 Å². The molecule has 1 aromatic rings. The number of aliphatic hydroxyl groups excluding tert-OH is 1. The SMILES string of the molecule is O=S(=O)(NC1CCC(CO)CC1)c1ccc[nH]1. The number of aromatic nitrogens is 1. The van der Waals surface area contributed by atoms with Gasteiger partial charge in [-0.05, 0) is 43.7 Å². The minimum atomic E-state index is -3.41. The Morgan fingerprint density at radius 1 is 1.35 bits per heavy atom. The quantitative estimate of drug-likeness (QED) is 0.748. The van der Waals surface area contributed by atoms with Gasteiger partial charge < -0.3 is 10.1 Å². The topological polar surface area (TPSA) is 82.2 Å². The number of hydrogen-bond acceptors (Lipinski definition) is 3. The van der Waals surface area contributed by atoms with Gasteiger partial charge in [-0.25, -0.2) is 13.1 Å². The van der Waals surface area contributed by atoms with Gasteiger partial charge in [-0.1, -0.05) is 0 Å². The van der Waals surface area contributed by atoms with Crippen LogP contribution in [0.15, 0.2) is 23.4 Å². The van der Waals surface area contributed by atoms with Gasteiger partial charge in [0.1, 0.15) is 5.03 Å². The summed E-state index contributed by atoms with van der Waals surface area (Å²) in [6.45, 7) is 0.204. The van der Waals surface area contributed by atoms with Gasteiger partial charge in [-0.3, -0.25) is 0 Å². The van der Waals surface area contributed by atoms with Gasteiger partial charge in [0.2, 0.25) is 0 Å². The number of hydrogen-bond donors (Lipinski definition) is 3. The van der Waals surface area contributed by atoms with Crippen LogP contribution in [-0.4, -0.2) is 31.2 Å². The normalized spacial score (nSPS) is 25.9. The number of aliphatic hydroxyl groups is 1. The minimum absolute atomic E-state index is 0.00824. The molecule has 0 aliphatic heterocycles. The van der Waals surface area contributed by atoms with Gasteiger partial charge in [-0.15, -0.1) is 0 Å². The van der Waals surface area contributed by atoms with E-state index >= 15 is 0 Å². The summed E-state index contributed by atoms with van der Waals surface area (Å²) in [5.41, 5.74) is 0. The zero-order valence-corrected chi connectivity index (χ0v) is 10.4. The zero-order valence-electron chi connectivity index (χ0n) is 9.59. The van der Waals surface area contributed by atoms with Crippen molar-refractivity contribution < 1.29 is 13.5 Å². The highest BCUT2D eigenvalue weighted by Gasteiger charge is 2.25. The standard InChI is InChI=1S/C11H18N2O3S/c14-8-9-3-5-10(6-4-9)13-17(15,16)11-2-1-7-12-11/h1-2,7,9-10,12-14H,3-6,8H2. The van der Waals surface area contributed by atoms with Crippen LogP contribution in [0.4, 0.5) is 0 Å². The van der Waals surface area contributed by atoms with E-state index in [9.17, 15) is 8.42 Å². The highest BCUT2D eigenvalue weighted by Crippen LogP contribution is 2.24. The Labute approximate surface area is 101 Å². The van der Waals surface area contributed by atoms with E-state index in [2.05, 4.69) is 9.71 Å². The second kappa shape index (κ2) is 5.20. The molecule has 0 bridgehead atoms. The average molecular weight is 258 g/mol. The maximum absolute atomic E-state index is 11.9. The van der Waals surface area contributed by atoms with E-state index in [4.69, 9.17) is 5.11 Å². The third-order valence-electron chi connectivity index (χ3n) is 3.29. The van der Waals surface area contributed by atoms with Crippen molar-refractivity contribution in [3.05, 3.63) is 18.3 Å². The summed E-state index contributed by atoms with van der Waals surface area (Å²) in [5, 5.41) is 9.23. The summed E-state index contributed by atoms with van der Waals surface area (Å²) in [6, 6.07) is 3.20. The van der Waals surface area contributed by atoms with E-state index in [1.54, 1.807) is 18.3 Å². The molecule has 5 nitrogen and oxygen atoms in total. The molecule has 0 aromatic carbocycles. The van der Waals surface area contributed by atoms with Crippen molar-refractivity contribution in [3.63, 3.8) is 0 Å². The highest BCUT2D eigenvalue weighted by atomic mass is 32.2. The second-order valence-electron chi connectivity index (χ2n) is 4.56. The molecule has 2 rings (SSSR count). The van der Waals surface area contributed by atoms with Crippen molar-refractivity contribution in [1.82, 2.24) is 9.71 Å². The van der Waals surface area contributed by atoms with Crippen LogP contribution in [0.1, 0.15) is 25.7 Å². The van der Waals surface area contributed by atoms with Gasteiger partial charge in [-0.2, -0.15) is 0 Å². The predicted octanol–water partition coefficient (Wildman–Crippen LogP) is 0.844. The summed E-state index contributed by atoms with van der Waals surface area (Å²) in [4.78, 5) is 2.70. The van der Waals surface area contributed by atoms with Crippen molar-refractivity contribution in [1.29, 1.82) is 0 Å². The number of rotatable bonds is 4. The molecular formula is C11H18N2O3S.